The van der Waals surface area contributed by atoms with Gasteiger partial charge in [0.05, 0.1) is 0 Å². The maximum atomic E-state index is 9.95. The Labute approximate surface area is 94.8 Å². The van der Waals surface area contributed by atoms with E-state index in [9.17, 15) is 4.79 Å². The van der Waals surface area contributed by atoms with Crippen molar-refractivity contribution in [3.63, 3.8) is 0 Å². The molecule has 0 bridgehead atoms. The molecule has 0 heterocycles. The highest BCUT2D eigenvalue weighted by atomic mass is 35.5. The lowest BCUT2D eigenvalue weighted by Crippen LogP contribution is -2.13. The van der Waals surface area contributed by atoms with E-state index in [0.29, 0.717) is 0 Å². The summed E-state index contributed by atoms with van der Waals surface area (Å²) in [6.45, 7) is 1.65. The minimum absolute atomic E-state index is 0.729. The summed E-state index contributed by atoms with van der Waals surface area (Å²) in [6, 6.07) is 7.62. The highest BCUT2D eigenvalue weighted by molar-refractivity contribution is 6.30. The smallest absolute Gasteiger partial charge is 0.207 e. The molecule has 0 aliphatic rings. The average molecular weight is 227 g/mol. The van der Waals surface area contributed by atoms with E-state index in [4.69, 9.17) is 11.6 Å². The van der Waals surface area contributed by atoms with Crippen LogP contribution in [0.3, 0.4) is 0 Å². The van der Waals surface area contributed by atoms with Crippen LogP contribution in [0.1, 0.15) is 12.8 Å². The van der Waals surface area contributed by atoms with Crippen LogP contribution in [0.4, 0.5) is 5.69 Å². The van der Waals surface area contributed by atoms with Gasteiger partial charge in [-0.25, -0.2) is 0 Å². The van der Waals surface area contributed by atoms with Crippen LogP contribution in [0.2, 0.25) is 5.02 Å². The number of nitrogens with one attached hydrogen (secondary N) is 2. The molecule has 0 aliphatic carbocycles. The molecule has 0 radical (unpaired) electrons. The molecule has 0 saturated carbocycles. The Balaban J connectivity index is 2.09. The lowest BCUT2D eigenvalue weighted by atomic mass is 10.3. The van der Waals surface area contributed by atoms with E-state index in [-0.39, 0.29) is 0 Å². The standard InChI is InChI=1S/C11H15ClN2O/c12-10-3-5-11(6-4-10)14-8-2-1-7-13-9-15/h3-6,9,14H,1-2,7-8H2,(H,13,15). The summed E-state index contributed by atoms with van der Waals surface area (Å²) in [5.41, 5.74) is 1.07. The second-order valence-electron chi connectivity index (χ2n) is 3.21. The molecular formula is C11H15ClN2O. The van der Waals surface area contributed by atoms with Gasteiger partial charge in [0.1, 0.15) is 0 Å². The van der Waals surface area contributed by atoms with Crippen LogP contribution in [-0.4, -0.2) is 19.5 Å². The topological polar surface area (TPSA) is 41.1 Å². The molecule has 1 aromatic carbocycles. The molecule has 1 amide bonds. The minimum atomic E-state index is 0.729. The van der Waals surface area contributed by atoms with Crippen LogP contribution in [0.15, 0.2) is 24.3 Å². The normalized spacial score (nSPS) is 9.67. The highest BCUT2D eigenvalue weighted by Crippen LogP contribution is 2.13. The van der Waals surface area contributed by atoms with Gasteiger partial charge in [-0.2, -0.15) is 0 Å². The Hall–Kier alpha value is -1.22. The number of unbranched alkanes of at least 4 members (excludes halogenated alkanes) is 1. The van der Waals surface area contributed by atoms with E-state index in [0.717, 1.165) is 43.1 Å². The summed E-state index contributed by atoms with van der Waals surface area (Å²) in [6.07, 6.45) is 2.75. The summed E-state index contributed by atoms with van der Waals surface area (Å²) in [4.78, 5) is 9.95. The number of benzene rings is 1. The number of rotatable bonds is 7. The fraction of sp³-hybridized carbons (Fsp3) is 0.364. The zero-order chi connectivity index (χ0) is 10.9. The zero-order valence-corrected chi connectivity index (χ0v) is 9.26. The summed E-state index contributed by atoms with van der Waals surface area (Å²) >= 11 is 5.76. The van der Waals surface area contributed by atoms with Crippen LogP contribution in [0.25, 0.3) is 0 Å². The Morgan fingerprint density at radius 2 is 1.80 bits per heavy atom. The van der Waals surface area contributed by atoms with E-state index in [1.165, 1.54) is 0 Å². The lowest BCUT2D eigenvalue weighted by Gasteiger charge is -2.05. The van der Waals surface area contributed by atoms with E-state index < -0.39 is 0 Å². The highest BCUT2D eigenvalue weighted by Gasteiger charge is 1.91. The predicted molar refractivity (Wildman–Crippen MR) is 63.2 cm³/mol. The van der Waals surface area contributed by atoms with Gasteiger partial charge in [-0.15, -0.1) is 0 Å². The third kappa shape index (κ3) is 5.27. The molecule has 0 aromatic heterocycles. The molecule has 0 saturated heterocycles. The number of amides is 1. The summed E-state index contributed by atoms with van der Waals surface area (Å²) < 4.78 is 0. The van der Waals surface area contributed by atoms with Crippen molar-refractivity contribution in [2.45, 2.75) is 12.8 Å². The maximum absolute atomic E-state index is 9.95. The van der Waals surface area contributed by atoms with E-state index in [1.807, 2.05) is 24.3 Å². The first-order valence-electron chi connectivity index (χ1n) is 4.99. The van der Waals surface area contributed by atoms with Crippen LogP contribution < -0.4 is 10.6 Å². The SMILES string of the molecule is O=CNCCCCNc1ccc(Cl)cc1. The number of carbonyl (C=O) groups excluding carboxylic acids is 1. The molecule has 2 N–H and O–H groups in total. The largest absolute Gasteiger partial charge is 0.385 e. The van der Waals surface area contributed by atoms with Crippen molar-refractivity contribution in [2.75, 3.05) is 18.4 Å². The number of hydrogen-bond acceptors (Lipinski definition) is 2. The van der Waals surface area contributed by atoms with Gasteiger partial charge in [0.15, 0.2) is 0 Å². The Morgan fingerprint density at radius 3 is 2.47 bits per heavy atom. The number of anilines is 1. The lowest BCUT2D eigenvalue weighted by molar-refractivity contribution is -0.109. The predicted octanol–water partition coefficient (Wildman–Crippen LogP) is 2.28. The van der Waals surface area contributed by atoms with E-state index >= 15 is 0 Å². The molecule has 3 nitrogen and oxygen atoms in total. The minimum Gasteiger partial charge on any atom is -0.385 e. The summed E-state index contributed by atoms with van der Waals surface area (Å²) in [5, 5.41) is 6.65. The second kappa shape index (κ2) is 7.12. The van der Waals surface area contributed by atoms with Gasteiger partial charge in [0, 0.05) is 23.8 Å². The van der Waals surface area contributed by atoms with Crippen molar-refractivity contribution >= 4 is 23.7 Å². The van der Waals surface area contributed by atoms with Crippen LogP contribution in [-0.2, 0) is 4.79 Å². The maximum Gasteiger partial charge on any atom is 0.207 e. The van der Waals surface area contributed by atoms with Gasteiger partial charge < -0.3 is 10.6 Å². The molecule has 0 fully saturated rings. The summed E-state index contributed by atoms with van der Waals surface area (Å²) in [5.74, 6) is 0. The molecule has 15 heavy (non-hydrogen) atoms. The van der Waals surface area contributed by atoms with Gasteiger partial charge in [0.25, 0.3) is 0 Å². The quantitative estimate of drug-likeness (QED) is 0.553. The third-order valence-electron chi connectivity index (χ3n) is 2.00. The van der Waals surface area contributed by atoms with Crippen molar-refractivity contribution < 1.29 is 4.79 Å². The van der Waals surface area contributed by atoms with Crippen molar-refractivity contribution in [1.82, 2.24) is 5.32 Å². The molecule has 0 spiro atoms. The van der Waals surface area contributed by atoms with Gasteiger partial charge in [-0.05, 0) is 37.1 Å². The van der Waals surface area contributed by atoms with Crippen LogP contribution in [0, 0.1) is 0 Å². The van der Waals surface area contributed by atoms with Crippen LogP contribution >= 0.6 is 11.6 Å². The first-order valence-corrected chi connectivity index (χ1v) is 5.37. The fourth-order valence-corrected chi connectivity index (χ4v) is 1.34. The number of carbonyl (C=O) groups is 1. The molecule has 4 heteroatoms. The van der Waals surface area contributed by atoms with Gasteiger partial charge in [-0.1, -0.05) is 11.6 Å². The van der Waals surface area contributed by atoms with Gasteiger partial charge in [0.2, 0.25) is 6.41 Å². The molecule has 0 atom stereocenters. The zero-order valence-electron chi connectivity index (χ0n) is 8.50. The second-order valence-corrected chi connectivity index (χ2v) is 3.65. The monoisotopic (exact) mass is 226 g/mol. The van der Waals surface area contributed by atoms with Crippen molar-refractivity contribution in [1.29, 1.82) is 0 Å². The number of hydrogen-bond donors (Lipinski definition) is 2. The molecule has 1 aromatic rings. The number of halogens is 1. The van der Waals surface area contributed by atoms with Gasteiger partial charge in [-0.3, -0.25) is 4.79 Å². The van der Waals surface area contributed by atoms with E-state index in [2.05, 4.69) is 10.6 Å². The summed E-state index contributed by atoms with van der Waals surface area (Å²) in [7, 11) is 0. The first kappa shape index (κ1) is 11.9. The molecule has 0 unspecified atom stereocenters. The third-order valence-corrected chi connectivity index (χ3v) is 2.26. The van der Waals surface area contributed by atoms with Crippen molar-refractivity contribution in [2.24, 2.45) is 0 Å². The van der Waals surface area contributed by atoms with E-state index in [1.54, 1.807) is 0 Å². The fourth-order valence-electron chi connectivity index (χ4n) is 1.21. The Kier molecular flexibility index (Phi) is 5.63. The Morgan fingerprint density at radius 1 is 1.13 bits per heavy atom. The van der Waals surface area contributed by atoms with Crippen LogP contribution in [0.5, 0.6) is 0 Å². The average Bonchev–Trinajstić information content (AvgIpc) is 2.26. The first-order chi connectivity index (χ1) is 7.33. The molecule has 82 valence electrons. The molecule has 0 aliphatic heterocycles. The van der Waals surface area contributed by atoms with Crippen molar-refractivity contribution in [3.05, 3.63) is 29.3 Å². The van der Waals surface area contributed by atoms with Crippen molar-refractivity contribution in [3.8, 4) is 0 Å². The molecule has 1 rings (SSSR count). The van der Waals surface area contributed by atoms with Gasteiger partial charge >= 0.3 is 0 Å². The molecular weight excluding hydrogens is 212 g/mol. The Bertz CT molecular complexity index is 287.